The fraction of sp³-hybridized carbons (Fsp3) is 0.459. The van der Waals surface area contributed by atoms with Crippen molar-refractivity contribution in [2.45, 2.75) is 84.2 Å². The lowest BCUT2D eigenvalue weighted by molar-refractivity contribution is -0.118. The van der Waals surface area contributed by atoms with Crippen LogP contribution in [0.5, 0.6) is 11.5 Å². The first-order valence-electron chi connectivity index (χ1n) is 15.9. The van der Waals surface area contributed by atoms with E-state index in [2.05, 4.69) is 0 Å². The summed E-state index contributed by atoms with van der Waals surface area (Å²) >= 11 is 6.26. The first-order valence-corrected chi connectivity index (χ1v) is 16.3. The maximum absolute atomic E-state index is 13.9. The van der Waals surface area contributed by atoms with Gasteiger partial charge in [0.05, 0.1) is 31.3 Å². The number of nitrogens with zero attached hydrogens (tertiary/aromatic N) is 2. The van der Waals surface area contributed by atoms with Gasteiger partial charge in [0, 0.05) is 29.7 Å². The van der Waals surface area contributed by atoms with Gasteiger partial charge in [-0.15, -0.1) is 0 Å². The normalized spacial score (nSPS) is 19.8. The third kappa shape index (κ3) is 7.13. The van der Waals surface area contributed by atoms with E-state index in [-0.39, 0.29) is 30.4 Å². The Bertz CT molecular complexity index is 1560. The van der Waals surface area contributed by atoms with E-state index in [4.69, 9.17) is 25.8 Å². The quantitative estimate of drug-likeness (QED) is 0.283. The number of ether oxygens (including phenoxy) is 3. The SMILES string of the molecule is COc1cc2c(cc1OC(C)C)[C@H](c1ccc(Cl)cc1)N(c1ccc(C(C)(O)C3CCCN(C(=O)OC(C)(C)C)C3)cc1)C(=O)C2. The summed E-state index contributed by atoms with van der Waals surface area (Å²) in [5, 5.41) is 12.4. The number of carbonyl (C=O) groups is 2. The molecule has 3 aromatic rings. The van der Waals surface area contributed by atoms with Crippen molar-refractivity contribution in [2.24, 2.45) is 5.92 Å². The smallest absolute Gasteiger partial charge is 0.410 e. The number of rotatable bonds is 7. The minimum atomic E-state index is -1.20. The Labute approximate surface area is 277 Å². The topological polar surface area (TPSA) is 88.5 Å². The molecule has 2 aliphatic rings. The zero-order valence-corrected chi connectivity index (χ0v) is 28.6. The summed E-state index contributed by atoms with van der Waals surface area (Å²) in [4.78, 5) is 30.2. The van der Waals surface area contributed by atoms with Crippen LogP contribution in [0.1, 0.15) is 82.7 Å². The number of methoxy groups -OCH3 is 1. The molecule has 2 heterocycles. The zero-order valence-electron chi connectivity index (χ0n) is 27.8. The second kappa shape index (κ2) is 13.2. The van der Waals surface area contributed by atoms with Crippen molar-refractivity contribution >= 4 is 29.3 Å². The van der Waals surface area contributed by atoms with Gasteiger partial charge in [-0.2, -0.15) is 0 Å². The van der Waals surface area contributed by atoms with Crippen LogP contribution >= 0.6 is 11.6 Å². The van der Waals surface area contributed by atoms with Crippen molar-refractivity contribution in [2.75, 3.05) is 25.1 Å². The maximum atomic E-state index is 13.9. The lowest BCUT2D eigenvalue weighted by Gasteiger charge is -2.41. The lowest BCUT2D eigenvalue weighted by atomic mass is 9.78. The average molecular weight is 649 g/mol. The Morgan fingerprint density at radius 3 is 2.28 bits per heavy atom. The van der Waals surface area contributed by atoms with Crippen LogP contribution < -0.4 is 14.4 Å². The first-order chi connectivity index (χ1) is 21.7. The number of aliphatic hydroxyl groups is 1. The van der Waals surface area contributed by atoms with Crippen molar-refractivity contribution in [1.29, 1.82) is 0 Å². The molecule has 1 fully saturated rings. The van der Waals surface area contributed by atoms with E-state index in [0.717, 1.165) is 35.1 Å². The summed E-state index contributed by atoms with van der Waals surface area (Å²) < 4.78 is 17.4. The predicted octanol–water partition coefficient (Wildman–Crippen LogP) is 7.67. The molecule has 1 saturated heterocycles. The van der Waals surface area contributed by atoms with Crippen molar-refractivity contribution in [1.82, 2.24) is 4.90 Å². The number of hydrogen-bond donors (Lipinski definition) is 1. The molecule has 5 rings (SSSR count). The highest BCUT2D eigenvalue weighted by Gasteiger charge is 2.40. The predicted molar refractivity (Wildman–Crippen MR) is 180 cm³/mol. The van der Waals surface area contributed by atoms with Crippen LogP contribution in [0, 0.1) is 5.92 Å². The third-order valence-corrected chi connectivity index (χ3v) is 8.99. The van der Waals surface area contributed by atoms with Gasteiger partial charge in [-0.1, -0.05) is 35.9 Å². The fourth-order valence-corrected chi connectivity index (χ4v) is 6.58. The number of fused-ring (bicyclic) bond motifs is 1. The van der Waals surface area contributed by atoms with Gasteiger partial charge in [0.25, 0.3) is 0 Å². The number of anilines is 1. The number of carbonyl (C=O) groups excluding carboxylic acids is 2. The van der Waals surface area contributed by atoms with Crippen LogP contribution in [-0.4, -0.2) is 53.9 Å². The largest absolute Gasteiger partial charge is 0.493 e. The molecule has 2 unspecified atom stereocenters. The Kier molecular flexibility index (Phi) is 9.62. The van der Waals surface area contributed by atoms with Gasteiger partial charge in [0.15, 0.2) is 11.5 Å². The highest BCUT2D eigenvalue weighted by Crippen LogP contribution is 2.44. The minimum absolute atomic E-state index is 0.0631. The molecule has 0 spiro atoms. The standard InChI is InChI=1S/C37H45ClN2O6/c1-23(2)45-32-21-30-25(19-31(32)44-7)20-33(41)40(34(30)24-10-14-28(38)15-11-24)29-16-12-26(13-17-29)37(6,43)27-9-8-18-39(22-27)35(42)46-36(3,4)5/h10-17,19,21,23,27,34,43H,8-9,18,20,22H2,1-7H3/t27?,34-,37?/m0/s1. The van der Waals surface area contributed by atoms with E-state index in [1.807, 2.05) is 95.3 Å². The van der Waals surface area contributed by atoms with Crippen molar-refractivity contribution in [3.63, 3.8) is 0 Å². The molecule has 9 heteroatoms. The maximum Gasteiger partial charge on any atom is 0.410 e. The molecular formula is C37H45ClN2O6. The van der Waals surface area contributed by atoms with Gasteiger partial charge in [-0.05, 0) is 113 Å². The second-order valence-corrected chi connectivity index (χ2v) is 14.2. The molecule has 3 atom stereocenters. The molecule has 3 aromatic carbocycles. The zero-order chi connectivity index (χ0) is 33.4. The van der Waals surface area contributed by atoms with E-state index in [9.17, 15) is 14.7 Å². The summed E-state index contributed by atoms with van der Waals surface area (Å²) in [5.74, 6) is 0.956. The average Bonchev–Trinajstić information content (AvgIpc) is 3.00. The molecule has 2 amide bonds. The van der Waals surface area contributed by atoms with Gasteiger partial charge >= 0.3 is 6.09 Å². The van der Waals surface area contributed by atoms with Crippen LogP contribution in [0.3, 0.4) is 0 Å². The Balaban J connectivity index is 1.48. The Hall–Kier alpha value is -3.75. The molecular weight excluding hydrogens is 604 g/mol. The number of benzene rings is 3. The van der Waals surface area contributed by atoms with E-state index in [1.165, 1.54) is 0 Å². The second-order valence-electron chi connectivity index (χ2n) is 13.7. The van der Waals surface area contributed by atoms with Crippen LogP contribution in [0.15, 0.2) is 60.7 Å². The first kappa shape index (κ1) is 33.6. The summed E-state index contributed by atoms with van der Waals surface area (Å²) in [6.45, 7) is 12.3. The highest BCUT2D eigenvalue weighted by atomic mass is 35.5. The summed E-state index contributed by atoms with van der Waals surface area (Å²) in [6, 6.07) is 18.5. The monoisotopic (exact) mass is 648 g/mol. The number of likely N-dealkylation sites (tertiary alicyclic amines) is 1. The number of piperidine rings is 1. The summed E-state index contributed by atoms with van der Waals surface area (Å²) in [7, 11) is 1.60. The molecule has 246 valence electrons. The van der Waals surface area contributed by atoms with Crippen molar-refractivity contribution in [3.8, 4) is 11.5 Å². The fourth-order valence-electron chi connectivity index (χ4n) is 6.45. The van der Waals surface area contributed by atoms with Gasteiger partial charge in [0.2, 0.25) is 5.91 Å². The van der Waals surface area contributed by atoms with Gasteiger partial charge < -0.3 is 29.1 Å². The number of amides is 2. The molecule has 8 nitrogen and oxygen atoms in total. The van der Waals surface area contributed by atoms with Crippen molar-refractivity contribution in [3.05, 3.63) is 87.9 Å². The lowest BCUT2D eigenvalue weighted by Crippen LogP contribution is -2.48. The molecule has 1 N–H and O–H groups in total. The van der Waals surface area contributed by atoms with Gasteiger partial charge in [-0.25, -0.2) is 4.79 Å². The molecule has 46 heavy (non-hydrogen) atoms. The van der Waals surface area contributed by atoms with Crippen molar-refractivity contribution < 1.29 is 28.9 Å². The molecule has 0 aromatic heterocycles. The molecule has 0 saturated carbocycles. The number of halogens is 1. The van der Waals surface area contributed by atoms with E-state index < -0.39 is 17.2 Å². The van der Waals surface area contributed by atoms with Gasteiger partial charge in [-0.3, -0.25) is 4.79 Å². The van der Waals surface area contributed by atoms with Crippen LogP contribution in [0.4, 0.5) is 10.5 Å². The van der Waals surface area contributed by atoms with Gasteiger partial charge in [0.1, 0.15) is 5.60 Å². The minimum Gasteiger partial charge on any atom is -0.493 e. The third-order valence-electron chi connectivity index (χ3n) is 8.73. The summed E-state index contributed by atoms with van der Waals surface area (Å²) in [6.07, 6.45) is 1.32. The summed E-state index contributed by atoms with van der Waals surface area (Å²) in [5.41, 5.74) is 2.36. The van der Waals surface area contributed by atoms with E-state index >= 15 is 0 Å². The highest BCUT2D eigenvalue weighted by molar-refractivity contribution is 6.30. The molecule has 2 aliphatic heterocycles. The van der Waals surface area contributed by atoms with E-state index in [0.29, 0.717) is 35.3 Å². The molecule has 0 bridgehead atoms. The Morgan fingerprint density at radius 1 is 1.00 bits per heavy atom. The molecule has 0 aliphatic carbocycles. The van der Waals surface area contributed by atoms with Crippen LogP contribution in [0.2, 0.25) is 5.02 Å². The van der Waals surface area contributed by atoms with Crippen LogP contribution in [0.25, 0.3) is 0 Å². The molecule has 0 radical (unpaired) electrons. The van der Waals surface area contributed by atoms with Crippen LogP contribution in [-0.2, 0) is 21.6 Å². The Morgan fingerprint density at radius 2 is 1.67 bits per heavy atom. The number of hydrogen-bond acceptors (Lipinski definition) is 6. The van der Waals surface area contributed by atoms with E-state index in [1.54, 1.807) is 23.8 Å².